The minimum atomic E-state index is -0.221. The first-order chi connectivity index (χ1) is 14.5. The Hall–Kier alpha value is -2.11. The van der Waals surface area contributed by atoms with E-state index in [9.17, 15) is 4.39 Å². The van der Waals surface area contributed by atoms with Crippen LogP contribution in [0.2, 0.25) is 10.0 Å². The van der Waals surface area contributed by atoms with E-state index in [0.29, 0.717) is 21.9 Å². The highest BCUT2D eigenvalue weighted by Crippen LogP contribution is 2.41. The summed E-state index contributed by atoms with van der Waals surface area (Å²) in [5.74, 6) is 1.89. The number of aromatic nitrogens is 3. The number of anilines is 1. The molecule has 1 saturated carbocycles. The summed E-state index contributed by atoms with van der Waals surface area (Å²) < 4.78 is 15.3. The molecular weight excluding hydrogens is 422 g/mol. The third kappa shape index (κ3) is 4.62. The molecule has 0 amide bonds. The van der Waals surface area contributed by atoms with Gasteiger partial charge in [0.1, 0.15) is 11.6 Å². The van der Waals surface area contributed by atoms with Crippen LogP contribution in [0.3, 0.4) is 0 Å². The Bertz CT molecular complexity index is 1010. The molecule has 1 aliphatic rings. The number of aryl methyl sites for hydroxylation is 1. The lowest BCUT2D eigenvalue weighted by Crippen LogP contribution is -2.31. The van der Waals surface area contributed by atoms with Crippen LogP contribution in [0.15, 0.2) is 42.5 Å². The molecule has 2 aromatic carbocycles. The lowest BCUT2D eigenvalue weighted by atomic mass is 9.99. The zero-order valence-corrected chi connectivity index (χ0v) is 18.7. The maximum atomic E-state index is 13.5. The van der Waals surface area contributed by atoms with Gasteiger partial charge in [0.2, 0.25) is 5.95 Å². The highest BCUT2D eigenvalue weighted by atomic mass is 35.5. The van der Waals surface area contributed by atoms with E-state index in [1.807, 2.05) is 25.1 Å². The van der Waals surface area contributed by atoms with E-state index in [1.165, 1.54) is 25.0 Å². The molecule has 158 valence electrons. The predicted molar refractivity (Wildman–Crippen MR) is 120 cm³/mol. The summed E-state index contributed by atoms with van der Waals surface area (Å²) in [6, 6.07) is 12.3. The smallest absolute Gasteiger partial charge is 0.245 e. The summed E-state index contributed by atoms with van der Waals surface area (Å²) in [7, 11) is 0. The van der Waals surface area contributed by atoms with E-state index in [2.05, 4.69) is 11.8 Å². The number of nitrogens with zero attached hydrogens (tertiary/aromatic N) is 4. The third-order valence-electron chi connectivity index (χ3n) is 5.50. The fraction of sp³-hybridized carbons (Fsp3) is 0.391. The molecule has 1 aromatic heterocycles. The van der Waals surface area contributed by atoms with Crippen LogP contribution in [0.4, 0.5) is 10.3 Å². The molecule has 3 aromatic rings. The minimum Gasteiger partial charge on any atom is -0.332 e. The van der Waals surface area contributed by atoms with Gasteiger partial charge in [0.15, 0.2) is 0 Å². The van der Waals surface area contributed by atoms with Crippen LogP contribution in [-0.4, -0.2) is 21.3 Å². The van der Waals surface area contributed by atoms with Gasteiger partial charge in [-0.05, 0) is 61.6 Å². The van der Waals surface area contributed by atoms with Crippen LogP contribution in [0.25, 0.3) is 5.69 Å². The van der Waals surface area contributed by atoms with Gasteiger partial charge < -0.3 is 4.90 Å². The van der Waals surface area contributed by atoms with Crippen molar-refractivity contribution in [3.05, 3.63) is 69.7 Å². The normalized spacial score (nSPS) is 14.7. The van der Waals surface area contributed by atoms with Crippen molar-refractivity contribution in [2.45, 2.75) is 45.6 Å². The van der Waals surface area contributed by atoms with Crippen molar-refractivity contribution >= 4 is 29.2 Å². The number of rotatable bonds is 8. The number of hydrogen-bond donors (Lipinski definition) is 0. The molecule has 7 heteroatoms. The quantitative estimate of drug-likeness (QED) is 0.382. The summed E-state index contributed by atoms with van der Waals surface area (Å²) in [4.78, 5) is 7.02. The molecule has 1 atom stereocenters. The molecule has 1 heterocycles. The monoisotopic (exact) mass is 446 g/mol. The van der Waals surface area contributed by atoms with E-state index in [0.717, 1.165) is 36.5 Å². The third-order valence-corrected chi connectivity index (χ3v) is 6.04. The Labute approximate surface area is 186 Å². The van der Waals surface area contributed by atoms with Crippen LogP contribution in [0, 0.1) is 18.7 Å². The topological polar surface area (TPSA) is 34.0 Å². The molecular formula is C23H25Cl2FN4. The first-order valence-electron chi connectivity index (χ1n) is 10.4. The first kappa shape index (κ1) is 21.1. The zero-order chi connectivity index (χ0) is 21.3. The maximum absolute atomic E-state index is 13.5. The van der Waals surface area contributed by atoms with Crippen LogP contribution < -0.4 is 4.90 Å². The Morgan fingerprint density at radius 3 is 2.53 bits per heavy atom. The van der Waals surface area contributed by atoms with E-state index in [-0.39, 0.29) is 11.9 Å². The van der Waals surface area contributed by atoms with Crippen molar-refractivity contribution < 1.29 is 4.39 Å². The second-order valence-corrected chi connectivity index (χ2v) is 8.75. The molecule has 0 unspecified atom stereocenters. The van der Waals surface area contributed by atoms with Crippen molar-refractivity contribution in [3.63, 3.8) is 0 Å². The molecule has 0 saturated heterocycles. The van der Waals surface area contributed by atoms with Gasteiger partial charge >= 0.3 is 0 Å². The summed E-state index contributed by atoms with van der Waals surface area (Å²) in [6.45, 7) is 4.87. The molecule has 1 aliphatic carbocycles. The lowest BCUT2D eigenvalue weighted by molar-refractivity contribution is 0.525. The number of hydrogen-bond acceptors (Lipinski definition) is 3. The first-order valence-corrected chi connectivity index (χ1v) is 11.1. The van der Waals surface area contributed by atoms with Crippen molar-refractivity contribution in [3.8, 4) is 5.69 Å². The Morgan fingerprint density at radius 2 is 1.90 bits per heavy atom. The second-order valence-electron chi connectivity index (χ2n) is 7.91. The largest absolute Gasteiger partial charge is 0.332 e. The van der Waals surface area contributed by atoms with Gasteiger partial charge in [-0.15, -0.1) is 5.10 Å². The molecule has 0 bridgehead atoms. The molecule has 0 radical (unpaired) electrons. The average molecular weight is 447 g/mol. The van der Waals surface area contributed by atoms with Gasteiger partial charge in [-0.2, -0.15) is 4.98 Å². The van der Waals surface area contributed by atoms with Crippen LogP contribution in [0.5, 0.6) is 0 Å². The molecule has 4 nitrogen and oxygen atoms in total. The van der Waals surface area contributed by atoms with Crippen LogP contribution in [0.1, 0.15) is 50.0 Å². The average Bonchev–Trinajstić information content (AvgIpc) is 3.46. The van der Waals surface area contributed by atoms with E-state index in [4.69, 9.17) is 33.3 Å². The van der Waals surface area contributed by atoms with Crippen molar-refractivity contribution in [2.75, 3.05) is 11.4 Å². The molecule has 0 N–H and O–H groups in total. The highest BCUT2D eigenvalue weighted by Gasteiger charge is 2.31. The fourth-order valence-electron chi connectivity index (χ4n) is 3.81. The van der Waals surface area contributed by atoms with Gasteiger partial charge in [-0.3, -0.25) is 0 Å². The molecule has 30 heavy (non-hydrogen) atoms. The standard InChI is InChI=1S/C23H25Cl2FN4/c1-3-12-29(22(13-16-4-5-16)17-6-9-19(26)10-7-17)23-27-15(2)30(28-23)21-11-8-18(24)14-20(21)25/h6-11,14,16,22H,3-5,12-13H2,1-2H3/t22-/m0/s1. The summed E-state index contributed by atoms with van der Waals surface area (Å²) >= 11 is 12.5. The van der Waals surface area contributed by atoms with E-state index < -0.39 is 0 Å². The maximum Gasteiger partial charge on any atom is 0.245 e. The van der Waals surface area contributed by atoms with Gasteiger partial charge in [0.05, 0.1) is 16.8 Å². The van der Waals surface area contributed by atoms with Crippen LogP contribution >= 0.6 is 23.2 Å². The fourth-order valence-corrected chi connectivity index (χ4v) is 4.30. The Balaban J connectivity index is 1.73. The summed E-state index contributed by atoms with van der Waals surface area (Å²) in [6.07, 6.45) is 4.47. The molecule has 1 fully saturated rings. The van der Waals surface area contributed by atoms with Gasteiger partial charge in [0.25, 0.3) is 0 Å². The van der Waals surface area contributed by atoms with Crippen molar-refractivity contribution in [1.82, 2.24) is 14.8 Å². The van der Waals surface area contributed by atoms with E-state index >= 15 is 0 Å². The van der Waals surface area contributed by atoms with Crippen molar-refractivity contribution in [1.29, 1.82) is 0 Å². The molecule has 4 rings (SSSR count). The molecule has 0 spiro atoms. The van der Waals surface area contributed by atoms with Gasteiger partial charge in [0, 0.05) is 11.6 Å². The zero-order valence-electron chi connectivity index (χ0n) is 17.2. The lowest BCUT2D eigenvalue weighted by Gasteiger charge is -2.31. The van der Waals surface area contributed by atoms with Gasteiger partial charge in [-0.25, -0.2) is 9.07 Å². The SMILES string of the molecule is CCCN(c1nc(C)n(-c2ccc(Cl)cc2Cl)n1)[C@@H](CC1CC1)c1ccc(F)cc1. The summed E-state index contributed by atoms with van der Waals surface area (Å²) in [5.41, 5.74) is 1.84. The Morgan fingerprint density at radius 1 is 1.17 bits per heavy atom. The number of halogens is 3. The summed E-state index contributed by atoms with van der Waals surface area (Å²) in [5, 5.41) is 5.92. The van der Waals surface area contributed by atoms with Crippen molar-refractivity contribution in [2.24, 2.45) is 5.92 Å². The van der Waals surface area contributed by atoms with Gasteiger partial charge in [-0.1, -0.05) is 55.1 Å². The van der Waals surface area contributed by atoms with Crippen LogP contribution in [-0.2, 0) is 0 Å². The highest BCUT2D eigenvalue weighted by molar-refractivity contribution is 6.35. The molecule has 0 aliphatic heterocycles. The van der Waals surface area contributed by atoms with E-state index in [1.54, 1.807) is 16.8 Å². The minimum absolute atomic E-state index is 0.106. The number of benzene rings is 2. The second kappa shape index (κ2) is 8.94. The Kier molecular flexibility index (Phi) is 6.30. The predicted octanol–water partition coefficient (Wildman–Crippen LogP) is 6.78.